The Kier molecular flexibility index (Phi) is 4.99. The van der Waals surface area contributed by atoms with E-state index in [4.69, 9.17) is 0 Å². The lowest BCUT2D eigenvalue weighted by atomic mass is 10.1. The number of aromatic nitrogens is 1. The van der Waals surface area contributed by atoms with E-state index >= 15 is 0 Å². The third kappa shape index (κ3) is 3.96. The Morgan fingerprint density at radius 2 is 1.84 bits per heavy atom. The van der Waals surface area contributed by atoms with E-state index in [2.05, 4.69) is 10.3 Å². The lowest BCUT2D eigenvalue weighted by molar-refractivity contribution is 0.584. The predicted molar refractivity (Wildman–Crippen MR) is 98.2 cm³/mol. The molecule has 0 aliphatic heterocycles. The van der Waals surface area contributed by atoms with E-state index in [1.165, 1.54) is 12.1 Å². The second-order valence-electron chi connectivity index (χ2n) is 5.79. The predicted octanol–water partition coefficient (Wildman–Crippen LogP) is 4.86. The molecule has 0 atom stereocenters. The van der Waals surface area contributed by atoms with Gasteiger partial charge in [0, 0.05) is 44.9 Å². The van der Waals surface area contributed by atoms with Gasteiger partial charge in [-0.3, -0.25) is 4.79 Å². The highest BCUT2D eigenvalue weighted by molar-refractivity contribution is 7.15. The highest BCUT2D eigenvalue weighted by Crippen LogP contribution is 2.30. The van der Waals surface area contributed by atoms with Crippen molar-refractivity contribution in [1.82, 2.24) is 4.98 Å². The van der Waals surface area contributed by atoms with E-state index < -0.39 is 11.6 Å². The van der Waals surface area contributed by atoms with Crippen LogP contribution in [0.1, 0.15) is 23.1 Å². The first-order valence-corrected chi connectivity index (χ1v) is 8.79. The summed E-state index contributed by atoms with van der Waals surface area (Å²) < 4.78 is 26.4. The van der Waals surface area contributed by atoms with Crippen molar-refractivity contribution in [2.45, 2.75) is 26.8 Å². The van der Waals surface area contributed by atoms with Crippen molar-refractivity contribution >= 4 is 17.0 Å². The molecule has 0 spiro atoms. The number of anilines is 1. The molecule has 3 rings (SSSR count). The molecule has 0 aliphatic rings. The van der Waals surface area contributed by atoms with E-state index in [1.54, 1.807) is 11.3 Å². The smallest absolute Gasteiger partial charge is 0.251 e. The fourth-order valence-electron chi connectivity index (χ4n) is 2.65. The number of nitrogens with one attached hydrogen (secondary N) is 2. The summed E-state index contributed by atoms with van der Waals surface area (Å²) in [6.45, 7) is 4.30. The van der Waals surface area contributed by atoms with E-state index in [1.807, 2.05) is 32.0 Å². The number of benzene rings is 1. The normalized spacial score (nSPS) is 10.9. The van der Waals surface area contributed by atoms with Crippen LogP contribution in [0, 0.1) is 18.6 Å². The highest BCUT2D eigenvalue weighted by Gasteiger charge is 2.10. The minimum absolute atomic E-state index is 0.0460. The van der Waals surface area contributed by atoms with Gasteiger partial charge in [-0.1, -0.05) is 6.92 Å². The zero-order valence-electron chi connectivity index (χ0n) is 14.0. The number of halogens is 2. The molecule has 2 heterocycles. The Labute approximate surface area is 148 Å². The minimum atomic E-state index is -0.606. The van der Waals surface area contributed by atoms with Crippen LogP contribution < -0.4 is 10.9 Å². The first-order chi connectivity index (χ1) is 12.0. The van der Waals surface area contributed by atoms with Crippen molar-refractivity contribution in [3.63, 3.8) is 0 Å². The topological polar surface area (TPSA) is 44.9 Å². The Bertz CT molecular complexity index is 942. The maximum Gasteiger partial charge on any atom is 0.251 e. The third-order valence-corrected chi connectivity index (χ3v) is 5.07. The van der Waals surface area contributed by atoms with E-state index in [-0.39, 0.29) is 5.56 Å². The van der Waals surface area contributed by atoms with Crippen LogP contribution in [-0.2, 0) is 13.0 Å². The standard InChI is InChI=1S/C19H18F2N2OS/c1-3-12-6-17(11(2)23-19(12)24)18-5-4-16(25-18)10-22-15-8-13(20)7-14(21)9-15/h4-9,22H,3,10H2,1-2H3,(H,23,24). The molecule has 0 aliphatic carbocycles. The molecule has 130 valence electrons. The van der Waals surface area contributed by atoms with Crippen molar-refractivity contribution in [2.75, 3.05) is 5.32 Å². The van der Waals surface area contributed by atoms with Gasteiger partial charge in [0.1, 0.15) is 11.6 Å². The molecule has 0 unspecified atom stereocenters. The Morgan fingerprint density at radius 3 is 2.52 bits per heavy atom. The molecule has 25 heavy (non-hydrogen) atoms. The summed E-state index contributed by atoms with van der Waals surface area (Å²) >= 11 is 1.58. The van der Waals surface area contributed by atoms with E-state index in [0.717, 1.165) is 32.6 Å². The molecule has 1 aromatic carbocycles. The number of aryl methyl sites for hydroxylation is 2. The number of hydrogen-bond donors (Lipinski definition) is 2. The third-order valence-electron chi connectivity index (χ3n) is 3.95. The molecule has 6 heteroatoms. The molecular weight excluding hydrogens is 342 g/mol. The second kappa shape index (κ2) is 7.19. The molecule has 0 saturated carbocycles. The summed E-state index contributed by atoms with van der Waals surface area (Å²) in [7, 11) is 0. The summed E-state index contributed by atoms with van der Waals surface area (Å²) in [6.07, 6.45) is 0.674. The average molecular weight is 360 g/mol. The maximum absolute atomic E-state index is 13.2. The fourth-order valence-corrected chi connectivity index (χ4v) is 3.67. The SMILES string of the molecule is CCc1cc(-c2ccc(CNc3cc(F)cc(F)c3)s2)c(C)[nH]c1=O. The van der Waals surface area contributed by atoms with Gasteiger partial charge in [-0.05, 0) is 43.7 Å². The molecule has 0 amide bonds. The van der Waals surface area contributed by atoms with Gasteiger partial charge in [-0.25, -0.2) is 8.78 Å². The Balaban J connectivity index is 1.80. The van der Waals surface area contributed by atoms with Gasteiger partial charge >= 0.3 is 0 Å². The maximum atomic E-state index is 13.2. The van der Waals surface area contributed by atoms with Crippen LogP contribution in [0.2, 0.25) is 0 Å². The van der Waals surface area contributed by atoms with Crippen LogP contribution in [0.5, 0.6) is 0 Å². The molecule has 0 fully saturated rings. The molecule has 3 nitrogen and oxygen atoms in total. The zero-order valence-corrected chi connectivity index (χ0v) is 14.8. The molecule has 2 N–H and O–H groups in total. The van der Waals surface area contributed by atoms with E-state index in [0.29, 0.717) is 18.7 Å². The summed E-state index contributed by atoms with van der Waals surface area (Å²) in [4.78, 5) is 16.8. The second-order valence-corrected chi connectivity index (χ2v) is 6.96. The molecule has 0 bridgehead atoms. The molecular formula is C19H18F2N2OS. The van der Waals surface area contributed by atoms with Crippen molar-refractivity contribution in [3.8, 4) is 10.4 Å². The molecule has 0 saturated heterocycles. The summed E-state index contributed by atoms with van der Waals surface area (Å²) in [5.74, 6) is -1.21. The number of hydrogen-bond acceptors (Lipinski definition) is 3. The number of thiophene rings is 1. The van der Waals surface area contributed by atoms with Crippen molar-refractivity contribution in [1.29, 1.82) is 0 Å². The van der Waals surface area contributed by atoms with E-state index in [9.17, 15) is 13.6 Å². The summed E-state index contributed by atoms with van der Waals surface area (Å²) in [5.41, 5.74) is 2.94. The Hall–Kier alpha value is -2.47. The monoisotopic (exact) mass is 360 g/mol. The zero-order chi connectivity index (χ0) is 18.0. The largest absolute Gasteiger partial charge is 0.380 e. The van der Waals surface area contributed by atoms with Gasteiger partial charge in [-0.15, -0.1) is 11.3 Å². The van der Waals surface area contributed by atoms with Crippen LogP contribution in [0.4, 0.5) is 14.5 Å². The lowest BCUT2D eigenvalue weighted by Gasteiger charge is -2.06. The van der Waals surface area contributed by atoms with Crippen molar-refractivity contribution < 1.29 is 8.78 Å². The van der Waals surface area contributed by atoms with Crippen LogP contribution in [-0.4, -0.2) is 4.98 Å². The van der Waals surface area contributed by atoms with Crippen LogP contribution in [0.3, 0.4) is 0 Å². The molecule has 2 aromatic heterocycles. The highest BCUT2D eigenvalue weighted by atomic mass is 32.1. The fraction of sp³-hybridized carbons (Fsp3) is 0.211. The van der Waals surface area contributed by atoms with Crippen molar-refractivity contribution in [3.05, 3.63) is 74.5 Å². The number of aromatic amines is 1. The van der Waals surface area contributed by atoms with Gasteiger partial charge in [0.2, 0.25) is 0 Å². The summed E-state index contributed by atoms with van der Waals surface area (Å²) in [6, 6.07) is 9.26. The molecule has 3 aromatic rings. The van der Waals surface area contributed by atoms with Crippen LogP contribution in [0.15, 0.2) is 41.2 Å². The lowest BCUT2D eigenvalue weighted by Crippen LogP contribution is -2.13. The molecule has 0 radical (unpaired) electrons. The van der Waals surface area contributed by atoms with Gasteiger partial charge in [0.15, 0.2) is 0 Å². The minimum Gasteiger partial charge on any atom is -0.380 e. The quantitative estimate of drug-likeness (QED) is 0.682. The summed E-state index contributed by atoms with van der Waals surface area (Å²) in [5, 5.41) is 3.03. The first kappa shape index (κ1) is 17.4. The number of rotatable bonds is 5. The number of H-pyrrole nitrogens is 1. The van der Waals surface area contributed by atoms with Gasteiger partial charge in [0.25, 0.3) is 5.56 Å². The van der Waals surface area contributed by atoms with Gasteiger partial charge < -0.3 is 10.3 Å². The average Bonchev–Trinajstić information content (AvgIpc) is 3.01. The van der Waals surface area contributed by atoms with Gasteiger partial charge in [0.05, 0.1) is 0 Å². The first-order valence-electron chi connectivity index (χ1n) is 7.98. The van der Waals surface area contributed by atoms with Crippen LogP contribution >= 0.6 is 11.3 Å². The number of pyridine rings is 1. The van der Waals surface area contributed by atoms with Crippen LogP contribution in [0.25, 0.3) is 10.4 Å². The van der Waals surface area contributed by atoms with Crippen molar-refractivity contribution in [2.24, 2.45) is 0 Å². The Morgan fingerprint density at radius 1 is 1.12 bits per heavy atom. The van der Waals surface area contributed by atoms with Gasteiger partial charge in [-0.2, -0.15) is 0 Å².